The third-order valence-electron chi connectivity index (χ3n) is 4.30. The molecule has 1 aliphatic carbocycles. The molecule has 0 spiro atoms. The number of halogens is 2. The van der Waals surface area contributed by atoms with Gasteiger partial charge in [-0.15, -0.1) is 0 Å². The number of aromatic amines is 1. The smallest absolute Gasteiger partial charge is 1.00 e. The van der Waals surface area contributed by atoms with Crippen LogP contribution in [0.4, 0.5) is 0 Å². The average Bonchev–Trinajstić information content (AvgIpc) is 2.93. The third-order valence-corrected chi connectivity index (χ3v) is 8.79. The molecule has 0 unspecified atom stereocenters. The first kappa shape index (κ1) is 24.3. The molecule has 0 radical (unpaired) electrons. The van der Waals surface area contributed by atoms with Gasteiger partial charge in [-0.1, -0.05) is 0 Å². The second-order valence-corrected chi connectivity index (χ2v) is 13.8. The zero-order valence-corrected chi connectivity index (χ0v) is 20.5. The maximum absolute atomic E-state index is 3.68. The van der Waals surface area contributed by atoms with E-state index in [1.807, 2.05) is 0 Å². The van der Waals surface area contributed by atoms with Crippen molar-refractivity contribution in [3.05, 3.63) is 38.5 Å². The van der Waals surface area contributed by atoms with E-state index in [-0.39, 0.29) is 54.8 Å². The molecule has 0 saturated heterocycles. The Kier molecular flexibility index (Phi) is 8.87. The second-order valence-electron chi connectivity index (χ2n) is 8.77. The van der Waals surface area contributed by atoms with Crippen molar-refractivity contribution in [3.63, 3.8) is 0 Å². The molecule has 0 bridgehead atoms. The van der Waals surface area contributed by atoms with Crippen molar-refractivity contribution in [3.8, 4) is 0 Å². The van der Waals surface area contributed by atoms with Crippen molar-refractivity contribution < 1.29 is 44.0 Å². The van der Waals surface area contributed by atoms with Crippen molar-refractivity contribution in [1.82, 2.24) is 4.98 Å². The van der Waals surface area contributed by atoms with E-state index in [1.165, 1.54) is 12.0 Å². The first-order valence-electron chi connectivity index (χ1n) is 8.40. The Labute approximate surface area is 171 Å². The fraction of sp³-hybridized carbons (Fsp3) is 0.579. The molecule has 0 amide bonds. The molecule has 1 N–H and O–H groups in total. The number of allylic oxidation sites excluding steroid dienone is 4. The van der Waals surface area contributed by atoms with Gasteiger partial charge in [-0.05, 0) is 0 Å². The van der Waals surface area contributed by atoms with Crippen LogP contribution in [0, 0.1) is 0 Å². The number of aromatic nitrogens is 1. The molecule has 0 fully saturated rings. The Bertz CT molecular complexity index is 616. The summed E-state index contributed by atoms with van der Waals surface area (Å²) in [4.78, 5) is 3.68. The van der Waals surface area contributed by atoms with Crippen LogP contribution in [0.1, 0.15) is 59.1 Å². The van der Waals surface area contributed by atoms with Gasteiger partial charge < -0.3 is 24.8 Å². The quantitative estimate of drug-likeness (QED) is 0.578. The van der Waals surface area contributed by atoms with Gasteiger partial charge in [0.25, 0.3) is 0 Å². The molecule has 1 aromatic heterocycles. The van der Waals surface area contributed by atoms with Gasteiger partial charge >= 0.3 is 147 Å². The minimum absolute atomic E-state index is 0. The minimum atomic E-state index is -0.696. The summed E-state index contributed by atoms with van der Waals surface area (Å²) < 4.78 is 3.33. The van der Waals surface area contributed by atoms with Crippen LogP contribution in [-0.4, -0.2) is 13.8 Å². The SMILES string of the molecule is C[SiH](C)C1=[C]([Ti+2][c]2[nH]cc(C(C)(C)C)c2C(C)(C)C)CC=C1.[Cl-].[Cl-]. The van der Waals surface area contributed by atoms with Gasteiger partial charge in [0.1, 0.15) is 0 Å². The maximum atomic E-state index is 3.68. The molecule has 1 nitrogen and oxygen atoms in total. The Morgan fingerprint density at radius 2 is 1.58 bits per heavy atom. The fourth-order valence-corrected chi connectivity index (χ4v) is 8.60. The number of nitrogens with one attached hydrogen (secondary N) is 1. The van der Waals surface area contributed by atoms with Crippen molar-refractivity contribution in [2.75, 3.05) is 0 Å². The van der Waals surface area contributed by atoms with Crippen LogP contribution in [0.5, 0.6) is 0 Å². The molecule has 5 heteroatoms. The van der Waals surface area contributed by atoms with Crippen molar-refractivity contribution >= 4 is 12.8 Å². The topological polar surface area (TPSA) is 15.8 Å². The molecule has 0 aliphatic heterocycles. The molecule has 134 valence electrons. The van der Waals surface area contributed by atoms with E-state index >= 15 is 0 Å². The summed E-state index contributed by atoms with van der Waals surface area (Å²) in [6, 6.07) is 0. The van der Waals surface area contributed by atoms with Crippen LogP contribution in [-0.2, 0) is 30.0 Å². The largest absolute Gasteiger partial charge is 1.00 e. The molecule has 1 aromatic rings. The van der Waals surface area contributed by atoms with E-state index in [1.54, 1.807) is 18.6 Å². The predicted octanol–water partition coefficient (Wildman–Crippen LogP) is -1.43. The molecule has 1 aliphatic rings. The normalized spacial score (nSPS) is 14.5. The van der Waals surface area contributed by atoms with E-state index in [0.717, 1.165) is 0 Å². The zero-order valence-electron chi connectivity index (χ0n) is 16.3. The molecule has 0 atom stereocenters. The number of H-pyrrole nitrogens is 1. The van der Waals surface area contributed by atoms with Gasteiger partial charge in [-0.2, -0.15) is 0 Å². The van der Waals surface area contributed by atoms with Gasteiger partial charge in [0.15, 0.2) is 0 Å². The van der Waals surface area contributed by atoms with E-state index in [2.05, 4.69) is 78.0 Å². The number of hydrogen-bond donors (Lipinski definition) is 1. The Morgan fingerprint density at radius 1 is 1.00 bits per heavy atom. The molecular weight excluding hydrogens is 389 g/mol. The van der Waals surface area contributed by atoms with Crippen LogP contribution in [0.2, 0.25) is 13.1 Å². The Balaban J connectivity index is 0.00000264. The molecular formula is C19H31Cl2NSiTi. The van der Waals surface area contributed by atoms with Crippen molar-refractivity contribution in [2.45, 2.75) is 71.9 Å². The van der Waals surface area contributed by atoms with Crippen molar-refractivity contribution in [2.24, 2.45) is 0 Å². The fourth-order valence-electron chi connectivity index (χ4n) is 3.23. The first-order valence-corrected chi connectivity index (χ1v) is 12.9. The van der Waals surface area contributed by atoms with Gasteiger partial charge in [0.05, 0.1) is 0 Å². The standard InChI is InChI=1S/C12H20N.C7H11Si.2ClH.Ti/c1-11(2,3)9-7-13-8-10(9)12(4,5)6;1-8(2)7-5-3-4-6-7;;;/h7,13H,1-6H3;3,5,8H,4H2,1-2H3;2*1H;/q;;;;+2/p-2. The summed E-state index contributed by atoms with van der Waals surface area (Å²) in [5.41, 5.74) is 3.52. The third kappa shape index (κ3) is 5.38. The molecule has 0 saturated carbocycles. The monoisotopic (exact) mass is 419 g/mol. The van der Waals surface area contributed by atoms with E-state index in [4.69, 9.17) is 0 Å². The summed E-state index contributed by atoms with van der Waals surface area (Å²) in [7, 11) is -0.696. The number of rotatable bonds is 3. The van der Waals surface area contributed by atoms with Gasteiger partial charge in [-0.25, -0.2) is 0 Å². The zero-order chi connectivity index (χ0) is 16.7. The van der Waals surface area contributed by atoms with E-state index < -0.39 is 8.80 Å². The van der Waals surface area contributed by atoms with E-state index in [0.29, 0.717) is 0 Å². The van der Waals surface area contributed by atoms with Crippen LogP contribution >= 0.6 is 0 Å². The summed E-state index contributed by atoms with van der Waals surface area (Å²) in [6.07, 6.45) is 8.29. The van der Waals surface area contributed by atoms with Crippen LogP contribution < -0.4 is 28.8 Å². The van der Waals surface area contributed by atoms with E-state index in [9.17, 15) is 0 Å². The molecule has 1 heterocycles. The van der Waals surface area contributed by atoms with Crippen LogP contribution in [0.15, 0.2) is 27.4 Å². The van der Waals surface area contributed by atoms with Gasteiger partial charge in [0, 0.05) is 0 Å². The van der Waals surface area contributed by atoms with Gasteiger partial charge in [-0.3, -0.25) is 0 Å². The van der Waals surface area contributed by atoms with Crippen LogP contribution in [0.3, 0.4) is 0 Å². The molecule has 24 heavy (non-hydrogen) atoms. The molecule has 0 aromatic carbocycles. The van der Waals surface area contributed by atoms with Crippen molar-refractivity contribution in [1.29, 1.82) is 0 Å². The average molecular weight is 420 g/mol. The first-order chi connectivity index (χ1) is 10.0. The summed E-state index contributed by atoms with van der Waals surface area (Å²) in [5, 5.41) is 1.73. The predicted molar refractivity (Wildman–Crippen MR) is 97.5 cm³/mol. The second kappa shape index (κ2) is 8.77. The summed E-state index contributed by atoms with van der Waals surface area (Å²) >= 11 is -0.228. The molecule has 2 rings (SSSR count). The Morgan fingerprint density at radius 3 is 2.04 bits per heavy atom. The minimum Gasteiger partial charge on any atom is -1.00 e. The summed E-state index contributed by atoms with van der Waals surface area (Å²) in [5.74, 6) is 0. The Hall–Kier alpha value is 0.271. The van der Waals surface area contributed by atoms with Gasteiger partial charge in [0.2, 0.25) is 0 Å². The van der Waals surface area contributed by atoms with Crippen LogP contribution in [0.25, 0.3) is 0 Å². The number of hydrogen-bond acceptors (Lipinski definition) is 0. The summed E-state index contributed by atoms with van der Waals surface area (Å²) in [6.45, 7) is 19.0. The maximum Gasteiger partial charge on any atom is -1.00 e.